The van der Waals surface area contributed by atoms with E-state index >= 15 is 0 Å². The summed E-state index contributed by atoms with van der Waals surface area (Å²) in [4.78, 5) is 8.48. The average Bonchev–Trinajstić information content (AvgIpc) is 2.28. The Balaban J connectivity index is 2.41. The minimum atomic E-state index is 0.465. The van der Waals surface area contributed by atoms with Crippen LogP contribution in [-0.4, -0.2) is 16.6 Å². The minimum absolute atomic E-state index is 0.465. The lowest BCUT2D eigenvalue weighted by atomic mass is 10.2. The Morgan fingerprint density at radius 2 is 1.94 bits per heavy atom. The molecule has 0 atom stereocenters. The third-order valence-electron chi connectivity index (χ3n) is 2.44. The summed E-state index contributed by atoms with van der Waals surface area (Å²) in [6.07, 6.45) is 6.62. The molecule has 1 aromatic heterocycles. The van der Waals surface area contributed by atoms with Crippen LogP contribution in [-0.2, 0) is 6.42 Å². The van der Waals surface area contributed by atoms with Gasteiger partial charge >= 0.3 is 0 Å². The van der Waals surface area contributed by atoms with Gasteiger partial charge in [-0.25, -0.2) is 4.98 Å². The summed E-state index contributed by atoms with van der Waals surface area (Å²) < 4.78 is 5.58. The molecule has 0 aliphatic heterocycles. The normalized spacial score (nSPS) is 10.5. The molecular formula is C13H21ClN2O. The summed E-state index contributed by atoms with van der Waals surface area (Å²) in [6.45, 7) is 5.00. The van der Waals surface area contributed by atoms with E-state index in [0.29, 0.717) is 17.6 Å². The molecule has 0 saturated carbocycles. The second-order valence-corrected chi connectivity index (χ2v) is 4.49. The highest BCUT2D eigenvalue weighted by atomic mass is 35.5. The zero-order valence-corrected chi connectivity index (χ0v) is 11.5. The number of ether oxygens (including phenoxy) is 1. The van der Waals surface area contributed by atoms with Gasteiger partial charge in [0.2, 0.25) is 5.88 Å². The Bertz CT molecular complexity index is 331. The van der Waals surface area contributed by atoms with E-state index in [4.69, 9.17) is 16.3 Å². The van der Waals surface area contributed by atoms with E-state index in [0.717, 1.165) is 25.1 Å². The predicted molar refractivity (Wildman–Crippen MR) is 70.7 cm³/mol. The smallest absolute Gasteiger partial charge is 0.218 e. The highest BCUT2D eigenvalue weighted by Gasteiger charge is 2.03. The van der Waals surface area contributed by atoms with E-state index in [1.165, 1.54) is 19.3 Å². The van der Waals surface area contributed by atoms with Crippen molar-refractivity contribution in [3.05, 3.63) is 17.0 Å². The topological polar surface area (TPSA) is 35.0 Å². The second kappa shape index (κ2) is 8.29. The molecule has 0 saturated heterocycles. The van der Waals surface area contributed by atoms with Crippen molar-refractivity contribution in [1.82, 2.24) is 9.97 Å². The summed E-state index contributed by atoms with van der Waals surface area (Å²) in [5.41, 5.74) is 0. The van der Waals surface area contributed by atoms with E-state index in [1.54, 1.807) is 6.07 Å². The van der Waals surface area contributed by atoms with Gasteiger partial charge in [0.05, 0.1) is 6.61 Å². The molecule has 3 nitrogen and oxygen atoms in total. The molecule has 0 bridgehead atoms. The Kier molecular flexibility index (Phi) is 6.94. The molecule has 0 aliphatic rings. The molecule has 0 spiro atoms. The van der Waals surface area contributed by atoms with Crippen LogP contribution in [0.15, 0.2) is 6.07 Å². The lowest BCUT2D eigenvalue weighted by Crippen LogP contribution is -2.02. The first kappa shape index (κ1) is 14.2. The largest absolute Gasteiger partial charge is 0.478 e. The van der Waals surface area contributed by atoms with Gasteiger partial charge in [-0.05, 0) is 12.8 Å². The lowest BCUT2D eigenvalue weighted by Gasteiger charge is -2.06. The quantitative estimate of drug-likeness (QED) is 0.520. The molecule has 4 heteroatoms. The van der Waals surface area contributed by atoms with Gasteiger partial charge in [0.25, 0.3) is 0 Å². The van der Waals surface area contributed by atoms with E-state index < -0.39 is 0 Å². The minimum Gasteiger partial charge on any atom is -0.478 e. The van der Waals surface area contributed by atoms with Crippen LogP contribution in [0, 0.1) is 0 Å². The van der Waals surface area contributed by atoms with Crippen molar-refractivity contribution in [1.29, 1.82) is 0 Å². The van der Waals surface area contributed by atoms with Gasteiger partial charge < -0.3 is 4.74 Å². The summed E-state index contributed by atoms with van der Waals surface area (Å²) in [6, 6.07) is 1.68. The van der Waals surface area contributed by atoms with Gasteiger partial charge in [0.1, 0.15) is 11.0 Å². The van der Waals surface area contributed by atoms with Crippen molar-refractivity contribution in [3.8, 4) is 5.88 Å². The van der Waals surface area contributed by atoms with Crippen LogP contribution >= 0.6 is 11.6 Å². The molecule has 96 valence electrons. The SMILES string of the molecule is CCCCCCOc1cc(Cl)nc(CCC)n1. The molecule has 1 rings (SSSR count). The number of aromatic nitrogens is 2. The molecule has 0 amide bonds. The fourth-order valence-electron chi connectivity index (χ4n) is 1.56. The number of hydrogen-bond donors (Lipinski definition) is 0. The first-order chi connectivity index (χ1) is 8.26. The maximum atomic E-state index is 5.92. The number of aryl methyl sites for hydroxylation is 1. The van der Waals surface area contributed by atoms with Crippen LogP contribution in [0.1, 0.15) is 51.8 Å². The highest BCUT2D eigenvalue weighted by Crippen LogP contribution is 2.15. The lowest BCUT2D eigenvalue weighted by molar-refractivity contribution is 0.292. The van der Waals surface area contributed by atoms with E-state index in [9.17, 15) is 0 Å². The van der Waals surface area contributed by atoms with Gasteiger partial charge in [-0.3, -0.25) is 0 Å². The van der Waals surface area contributed by atoms with Gasteiger partial charge in [-0.1, -0.05) is 44.7 Å². The van der Waals surface area contributed by atoms with E-state index in [-0.39, 0.29) is 0 Å². The van der Waals surface area contributed by atoms with Crippen molar-refractivity contribution in [3.63, 3.8) is 0 Å². The molecule has 0 unspecified atom stereocenters. The van der Waals surface area contributed by atoms with E-state index in [2.05, 4.69) is 23.8 Å². The van der Waals surface area contributed by atoms with Crippen LogP contribution in [0.5, 0.6) is 5.88 Å². The summed E-state index contributed by atoms with van der Waals surface area (Å²) >= 11 is 5.92. The van der Waals surface area contributed by atoms with Crippen molar-refractivity contribution in [2.75, 3.05) is 6.61 Å². The Morgan fingerprint density at radius 3 is 2.65 bits per heavy atom. The number of nitrogens with zero attached hydrogens (tertiary/aromatic N) is 2. The molecule has 17 heavy (non-hydrogen) atoms. The molecule has 0 fully saturated rings. The first-order valence-electron chi connectivity index (χ1n) is 6.42. The van der Waals surface area contributed by atoms with Gasteiger partial charge in [0.15, 0.2) is 0 Å². The Morgan fingerprint density at radius 1 is 1.12 bits per heavy atom. The van der Waals surface area contributed by atoms with Gasteiger partial charge in [-0.15, -0.1) is 0 Å². The second-order valence-electron chi connectivity index (χ2n) is 4.10. The summed E-state index contributed by atoms with van der Waals surface area (Å²) in [5, 5.41) is 0.465. The zero-order chi connectivity index (χ0) is 12.5. The number of hydrogen-bond acceptors (Lipinski definition) is 3. The van der Waals surface area contributed by atoms with Crippen molar-refractivity contribution in [2.45, 2.75) is 52.4 Å². The van der Waals surface area contributed by atoms with Crippen LogP contribution in [0.2, 0.25) is 5.15 Å². The van der Waals surface area contributed by atoms with Crippen molar-refractivity contribution < 1.29 is 4.74 Å². The standard InChI is InChI=1S/C13H21ClN2O/c1-3-5-6-7-9-17-13-10-11(14)15-12(16-13)8-4-2/h10H,3-9H2,1-2H3. The molecule has 0 aliphatic carbocycles. The van der Waals surface area contributed by atoms with Crippen LogP contribution < -0.4 is 4.74 Å². The number of rotatable bonds is 8. The molecule has 0 radical (unpaired) electrons. The molecule has 0 aromatic carbocycles. The third-order valence-corrected chi connectivity index (χ3v) is 2.63. The van der Waals surface area contributed by atoms with Crippen LogP contribution in [0.4, 0.5) is 0 Å². The van der Waals surface area contributed by atoms with Crippen LogP contribution in [0.3, 0.4) is 0 Å². The van der Waals surface area contributed by atoms with E-state index in [1.807, 2.05) is 0 Å². The summed E-state index contributed by atoms with van der Waals surface area (Å²) in [5.74, 6) is 1.37. The predicted octanol–water partition coefficient (Wildman–Crippen LogP) is 4.04. The fraction of sp³-hybridized carbons (Fsp3) is 0.692. The monoisotopic (exact) mass is 256 g/mol. The average molecular weight is 257 g/mol. The Labute approximate surface area is 109 Å². The zero-order valence-electron chi connectivity index (χ0n) is 10.7. The van der Waals surface area contributed by atoms with Gasteiger partial charge in [0, 0.05) is 12.5 Å². The molecular weight excluding hydrogens is 236 g/mol. The molecule has 0 N–H and O–H groups in total. The van der Waals surface area contributed by atoms with Crippen LogP contribution in [0.25, 0.3) is 0 Å². The maximum Gasteiger partial charge on any atom is 0.218 e. The fourth-order valence-corrected chi connectivity index (χ4v) is 1.75. The van der Waals surface area contributed by atoms with Crippen molar-refractivity contribution in [2.24, 2.45) is 0 Å². The first-order valence-corrected chi connectivity index (χ1v) is 6.80. The molecule has 1 heterocycles. The summed E-state index contributed by atoms with van der Waals surface area (Å²) in [7, 11) is 0. The van der Waals surface area contributed by atoms with Gasteiger partial charge in [-0.2, -0.15) is 4.98 Å². The third kappa shape index (κ3) is 5.87. The van der Waals surface area contributed by atoms with Crippen molar-refractivity contribution >= 4 is 11.6 Å². The Hall–Kier alpha value is -0.830. The number of unbranched alkanes of at least 4 members (excludes halogenated alkanes) is 3. The highest BCUT2D eigenvalue weighted by molar-refractivity contribution is 6.29. The number of halogens is 1. The molecule has 1 aromatic rings. The maximum absolute atomic E-state index is 5.92.